The van der Waals surface area contributed by atoms with Gasteiger partial charge in [-0.3, -0.25) is 19.6 Å². The average Bonchev–Trinajstić information content (AvgIpc) is 2.78. The van der Waals surface area contributed by atoms with Crippen molar-refractivity contribution in [1.29, 1.82) is 0 Å². The summed E-state index contributed by atoms with van der Waals surface area (Å²) in [7, 11) is 1.63. The molecule has 0 saturated carbocycles. The first kappa shape index (κ1) is 19.5. The van der Waals surface area contributed by atoms with Crippen molar-refractivity contribution in [1.82, 2.24) is 19.7 Å². The lowest BCUT2D eigenvalue weighted by molar-refractivity contribution is -0.160. The minimum Gasteiger partial charge on any atom is -0.497 e. The molecule has 158 valence electrons. The van der Waals surface area contributed by atoms with Gasteiger partial charge in [0.2, 0.25) is 0 Å². The van der Waals surface area contributed by atoms with E-state index in [9.17, 15) is 4.79 Å². The fourth-order valence-corrected chi connectivity index (χ4v) is 5.22. The number of benzene rings is 1. The topological polar surface area (TPSA) is 58.1 Å². The Hall–Kier alpha value is -2.48. The van der Waals surface area contributed by atoms with Crippen LogP contribution < -0.4 is 4.74 Å². The van der Waals surface area contributed by atoms with Gasteiger partial charge in [-0.15, -0.1) is 0 Å². The second kappa shape index (κ2) is 7.98. The van der Waals surface area contributed by atoms with Gasteiger partial charge in [0, 0.05) is 57.2 Å². The van der Waals surface area contributed by atoms with E-state index in [0.29, 0.717) is 24.5 Å². The van der Waals surface area contributed by atoms with E-state index in [1.54, 1.807) is 7.11 Å². The standard InChI is InChI=1S/C23H28N4O3/c1-29-21-6-2-5-19(10-21)22(28)26-13-20-14-30-9-8-27(20)23(17-26)15-25(16-23)12-18-4-3-7-24-11-18/h2-7,10-11,20H,8-9,12-17H2,1H3/t20-/m1/s1. The smallest absolute Gasteiger partial charge is 0.254 e. The van der Waals surface area contributed by atoms with Crippen molar-refractivity contribution in [3.05, 3.63) is 59.9 Å². The summed E-state index contributed by atoms with van der Waals surface area (Å²) >= 11 is 0. The summed E-state index contributed by atoms with van der Waals surface area (Å²) in [5.41, 5.74) is 1.91. The molecule has 4 heterocycles. The van der Waals surface area contributed by atoms with Crippen LogP contribution in [0.5, 0.6) is 5.75 Å². The number of carbonyl (C=O) groups is 1. The third kappa shape index (κ3) is 3.57. The molecular weight excluding hydrogens is 380 g/mol. The van der Waals surface area contributed by atoms with E-state index in [-0.39, 0.29) is 17.5 Å². The van der Waals surface area contributed by atoms with Gasteiger partial charge in [-0.2, -0.15) is 0 Å². The number of rotatable bonds is 4. The van der Waals surface area contributed by atoms with Crippen LogP contribution in [0.3, 0.4) is 0 Å². The molecule has 3 aliphatic heterocycles. The number of ether oxygens (including phenoxy) is 2. The quantitative estimate of drug-likeness (QED) is 0.764. The van der Waals surface area contributed by atoms with Crippen LogP contribution in [-0.4, -0.2) is 90.2 Å². The summed E-state index contributed by atoms with van der Waals surface area (Å²) in [6, 6.07) is 11.8. The molecule has 1 spiro atoms. The summed E-state index contributed by atoms with van der Waals surface area (Å²) < 4.78 is 11.1. The summed E-state index contributed by atoms with van der Waals surface area (Å²) in [5.74, 6) is 0.783. The minimum atomic E-state index is 0.00341. The zero-order valence-electron chi connectivity index (χ0n) is 17.4. The van der Waals surface area contributed by atoms with Crippen LogP contribution in [0.25, 0.3) is 0 Å². The Kier molecular flexibility index (Phi) is 5.18. The van der Waals surface area contributed by atoms with Gasteiger partial charge < -0.3 is 14.4 Å². The monoisotopic (exact) mass is 408 g/mol. The molecule has 1 aromatic carbocycles. The fraction of sp³-hybridized carbons (Fsp3) is 0.478. The maximum absolute atomic E-state index is 13.3. The number of fused-ring (bicyclic) bond motifs is 2. The number of amides is 1. The number of methoxy groups -OCH3 is 1. The predicted octanol–water partition coefficient (Wildman–Crippen LogP) is 1.50. The third-order valence-electron chi connectivity index (χ3n) is 6.52. The van der Waals surface area contributed by atoms with E-state index < -0.39 is 0 Å². The molecule has 7 nitrogen and oxygen atoms in total. The zero-order chi connectivity index (χ0) is 20.6. The van der Waals surface area contributed by atoms with Gasteiger partial charge in [0.25, 0.3) is 5.91 Å². The van der Waals surface area contributed by atoms with Crippen LogP contribution in [0, 0.1) is 0 Å². The second-order valence-corrected chi connectivity index (χ2v) is 8.57. The Morgan fingerprint density at radius 1 is 1.27 bits per heavy atom. The van der Waals surface area contributed by atoms with Gasteiger partial charge in [-0.05, 0) is 29.8 Å². The molecule has 0 aliphatic carbocycles. The first-order valence-electron chi connectivity index (χ1n) is 10.6. The lowest BCUT2D eigenvalue weighted by atomic mass is 9.82. The number of hydrogen-bond donors (Lipinski definition) is 0. The van der Waals surface area contributed by atoms with Crippen LogP contribution >= 0.6 is 0 Å². The van der Waals surface area contributed by atoms with Crippen LogP contribution in [0.15, 0.2) is 48.8 Å². The van der Waals surface area contributed by atoms with Crippen molar-refractivity contribution in [2.24, 2.45) is 0 Å². The van der Waals surface area contributed by atoms with E-state index in [0.717, 1.165) is 39.3 Å². The van der Waals surface area contributed by atoms with Crippen molar-refractivity contribution in [3.8, 4) is 5.75 Å². The number of piperazine rings is 1. The molecule has 3 saturated heterocycles. The predicted molar refractivity (Wildman–Crippen MR) is 112 cm³/mol. The van der Waals surface area contributed by atoms with E-state index in [1.165, 1.54) is 5.56 Å². The highest BCUT2D eigenvalue weighted by atomic mass is 16.5. The Balaban J connectivity index is 1.34. The summed E-state index contributed by atoms with van der Waals surface area (Å²) in [6.45, 7) is 6.67. The number of morpholine rings is 1. The van der Waals surface area contributed by atoms with E-state index in [1.807, 2.05) is 47.6 Å². The Labute approximate surface area is 177 Å². The van der Waals surface area contributed by atoms with E-state index in [2.05, 4.69) is 20.9 Å². The lowest BCUT2D eigenvalue weighted by Gasteiger charge is -2.63. The molecule has 3 fully saturated rings. The summed E-state index contributed by atoms with van der Waals surface area (Å²) in [4.78, 5) is 24.6. The number of likely N-dealkylation sites (tertiary alicyclic amines) is 1. The van der Waals surface area contributed by atoms with Gasteiger partial charge in [0.15, 0.2) is 0 Å². The molecule has 0 bridgehead atoms. The number of carbonyl (C=O) groups excluding carboxylic acids is 1. The van der Waals surface area contributed by atoms with Crippen molar-refractivity contribution in [2.75, 3.05) is 53.0 Å². The molecule has 1 aromatic heterocycles. The van der Waals surface area contributed by atoms with Gasteiger partial charge in [-0.25, -0.2) is 0 Å². The fourth-order valence-electron chi connectivity index (χ4n) is 5.22. The minimum absolute atomic E-state index is 0.00341. The van der Waals surface area contributed by atoms with Crippen LogP contribution in [-0.2, 0) is 11.3 Å². The number of hydrogen-bond acceptors (Lipinski definition) is 6. The highest BCUT2D eigenvalue weighted by Gasteiger charge is 2.54. The number of nitrogens with zero attached hydrogens (tertiary/aromatic N) is 4. The molecule has 30 heavy (non-hydrogen) atoms. The van der Waals surface area contributed by atoms with Crippen LogP contribution in [0.2, 0.25) is 0 Å². The molecule has 0 N–H and O–H groups in total. The van der Waals surface area contributed by atoms with Crippen LogP contribution in [0.4, 0.5) is 0 Å². The SMILES string of the molecule is COc1cccc(C(=O)N2C[C@@H]3COCCN3C3(CN(Cc4cccnc4)C3)C2)c1. The van der Waals surface area contributed by atoms with Gasteiger partial charge in [0.1, 0.15) is 5.75 Å². The summed E-state index contributed by atoms with van der Waals surface area (Å²) in [6.07, 6.45) is 3.74. The molecule has 2 aromatic rings. The first-order chi connectivity index (χ1) is 14.7. The van der Waals surface area contributed by atoms with Crippen LogP contribution in [0.1, 0.15) is 15.9 Å². The molecule has 0 radical (unpaired) electrons. The highest BCUT2D eigenvalue weighted by Crippen LogP contribution is 2.37. The molecule has 3 aliphatic rings. The Bertz CT molecular complexity index is 900. The molecule has 1 atom stereocenters. The normalized spacial score (nSPS) is 23.6. The van der Waals surface area contributed by atoms with E-state index >= 15 is 0 Å². The maximum atomic E-state index is 13.3. The van der Waals surface area contributed by atoms with Gasteiger partial charge >= 0.3 is 0 Å². The second-order valence-electron chi connectivity index (χ2n) is 8.57. The number of pyridine rings is 1. The van der Waals surface area contributed by atoms with Gasteiger partial charge in [-0.1, -0.05) is 12.1 Å². The molecule has 0 unspecified atom stereocenters. The lowest BCUT2D eigenvalue weighted by Crippen LogP contribution is -2.80. The summed E-state index contributed by atoms with van der Waals surface area (Å²) in [5, 5.41) is 0. The van der Waals surface area contributed by atoms with Gasteiger partial charge in [0.05, 0.1) is 31.9 Å². The van der Waals surface area contributed by atoms with Crippen molar-refractivity contribution in [2.45, 2.75) is 18.1 Å². The van der Waals surface area contributed by atoms with Crippen molar-refractivity contribution in [3.63, 3.8) is 0 Å². The maximum Gasteiger partial charge on any atom is 0.254 e. The van der Waals surface area contributed by atoms with Crippen molar-refractivity contribution >= 4 is 5.91 Å². The molecular formula is C23H28N4O3. The largest absolute Gasteiger partial charge is 0.497 e. The zero-order valence-corrected chi connectivity index (χ0v) is 17.4. The average molecular weight is 409 g/mol. The molecule has 5 rings (SSSR count). The molecule has 7 heteroatoms. The highest BCUT2D eigenvalue weighted by molar-refractivity contribution is 5.94. The third-order valence-corrected chi connectivity index (χ3v) is 6.52. The van der Waals surface area contributed by atoms with E-state index in [4.69, 9.17) is 9.47 Å². The first-order valence-corrected chi connectivity index (χ1v) is 10.6. The van der Waals surface area contributed by atoms with Crippen molar-refractivity contribution < 1.29 is 14.3 Å². The Morgan fingerprint density at radius 3 is 2.97 bits per heavy atom. The Morgan fingerprint density at radius 2 is 2.17 bits per heavy atom. The molecule has 1 amide bonds. The number of aromatic nitrogens is 1.